The number of hydrogen-bond acceptors (Lipinski definition) is 3. The van der Waals surface area contributed by atoms with E-state index in [0.717, 1.165) is 62.2 Å². The van der Waals surface area contributed by atoms with Gasteiger partial charge in [-0.05, 0) is 109 Å². The molecule has 0 radical (unpaired) electrons. The molecular weight excluding hydrogens is 623 g/mol. The largest absolute Gasteiger partial charge is 0.313 e. The van der Waals surface area contributed by atoms with E-state index in [4.69, 9.17) is 0 Å². The maximum absolute atomic E-state index is 9.88. The van der Waals surface area contributed by atoms with E-state index >= 15 is 0 Å². The van der Waals surface area contributed by atoms with Crippen LogP contribution in [0.3, 0.4) is 0 Å². The summed E-state index contributed by atoms with van der Waals surface area (Å²) < 4.78 is 4.51. The first kappa shape index (κ1) is 31.4. The fourth-order valence-corrected chi connectivity index (χ4v) is 7.68. The molecular formula is C46H33N5. The van der Waals surface area contributed by atoms with E-state index in [0.29, 0.717) is 22.6 Å². The fourth-order valence-electron chi connectivity index (χ4n) is 7.68. The normalized spacial score (nSPS) is 13.9. The van der Waals surface area contributed by atoms with Gasteiger partial charge < -0.3 is 9.13 Å². The Bertz CT molecular complexity index is 2710. The van der Waals surface area contributed by atoms with Gasteiger partial charge in [-0.3, -0.25) is 0 Å². The molecule has 242 valence electrons. The van der Waals surface area contributed by atoms with Gasteiger partial charge in [0.15, 0.2) is 0 Å². The Balaban J connectivity index is 1.19. The van der Waals surface area contributed by atoms with Gasteiger partial charge in [-0.15, -0.1) is 0 Å². The van der Waals surface area contributed by atoms with Crippen LogP contribution in [0.2, 0.25) is 0 Å². The predicted octanol–water partition coefficient (Wildman–Crippen LogP) is 11.4. The Morgan fingerprint density at radius 1 is 0.725 bits per heavy atom. The highest BCUT2D eigenvalue weighted by Gasteiger charge is 2.24. The molecule has 0 N–H and O–H groups in total. The standard InChI is InChI=1S/C46H33N5/c1-29(26-47)23-40-31(3)50(45-25-33(28-49)11-21-38(40)45)37-19-17-35(18-20-37)34-13-15-36(16-14-34)41-24-32(27-48)12-22-43(41)51-42-9-5-4-8-39(42)46-30(2)7-6-10-44(46)51/h4-6,8-25,30H,7H2,1-3H3/b29-23+. The number of hydrogen-bond donors (Lipinski definition) is 0. The second kappa shape index (κ2) is 12.5. The van der Waals surface area contributed by atoms with Gasteiger partial charge in [0.25, 0.3) is 0 Å². The number of rotatable bonds is 5. The second-order valence-electron chi connectivity index (χ2n) is 13.3. The number of allylic oxidation sites excluding steroid dienone is 2. The van der Waals surface area contributed by atoms with Crippen LogP contribution in [0.1, 0.15) is 59.8 Å². The molecule has 2 aromatic heterocycles. The first-order valence-corrected chi connectivity index (χ1v) is 17.1. The van der Waals surface area contributed by atoms with Crippen molar-refractivity contribution in [2.24, 2.45) is 0 Å². The molecule has 0 fully saturated rings. The Hall–Kier alpha value is -6.87. The lowest BCUT2D eigenvalue weighted by Gasteiger charge is -2.19. The molecule has 1 unspecified atom stereocenters. The molecule has 0 saturated heterocycles. The lowest BCUT2D eigenvalue weighted by molar-refractivity contribution is 0.773. The summed E-state index contributed by atoms with van der Waals surface area (Å²) in [4.78, 5) is 0. The van der Waals surface area contributed by atoms with Crippen LogP contribution in [0.25, 0.3) is 67.6 Å². The summed E-state index contributed by atoms with van der Waals surface area (Å²) in [6.07, 6.45) is 7.45. The number of aromatic nitrogens is 2. The van der Waals surface area contributed by atoms with Crippen LogP contribution in [0, 0.1) is 40.9 Å². The molecule has 0 bridgehead atoms. The maximum atomic E-state index is 9.88. The van der Waals surface area contributed by atoms with Gasteiger partial charge in [-0.2, -0.15) is 15.8 Å². The third kappa shape index (κ3) is 5.23. The number of benzene rings is 5. The van der Waals surface area contributed by atoms with Crippen molar-refractivity contribution in [3.63, 3.8) is 0 Å². The van der Waals surface area contributed by atoms with Crippen molar-refractivity contribution in [3.8, 4) is 51.8 Å². The molecule has 1 atom stereocenters. The van der Waals surface area contributed by atoms with Crippen molar-refractivity contribution in [1.82, 2.24) is 9.13 Å². The molecule has 51 heavy (non-hydrogen) atoms. The topological polar surface area (TPSA) is 81.2 Å². The molecule has 5 heteroatoms. The van der Waals surface area contributed by atoms with Crippen LogP contribution in [-0.4, -0.2) is 9.13 Å². The van der Waals surface area contributed by atoms with Crippen LogP contribution >= 0.6 is 0 Å². The van der Waals surface area contributed by atoms with E-state index < -0.39 is 0 Å². The van der Waals surface area contributed by atoms with Crippen molar-refractivity contribution in [2.75, 3.05) is 0 Å². The summed E-state index contributed by atoms with van der Waals surface area (Å²) in [5.41, 5.74) is 14.7. The molecule has 0 saturated carbocycles. The van der Waals surface area contributed by atoms with E-state index in [9.17, 15) is 15.8 Å². The Morgan fingerprint density at radius 3 is 2.12 bits per heavy atom. The van der Waals surface area contributed by atoms with Crippen molar-refractivity contribution in [1.29, 1.82) is 15.8 Å². The van der Waals surface area contributed by atoms with E-state index in [1.54, 1.807) is 6.92 Å². The summed E-state index contributed by atoms with van der Waals surface area (Å²) in [6.45, 7) is 6.15. The van der Waals surface area contributed by atoms with Gasteiger partial charge >= 0.3 is 0 Å². The predicted molar refractivity (Wildman–Crippen MR) is 206 cm³/mol. The van der Waals surface area contributed by atoms with Crippen LogP contribution in [0.4, 0.5) is 0 Å². The SMILES string of the molecule is C/C(C#N)=C\c1c(C)n(-c2ccc(-c3ccc(-c4cc(C#N)ccc4-n4c5c(c6ccccc64)C(C)CC=C5)cc3)cc2)c2cc(C#N)ccc12. The van der Waals surface area contributed by atoms with E-state index in [2.05, 4.69) is 125 Å². The minimum atomic E-state index is 0.422. The number of nitriles is 3. The lowest BCUT2D eigenvalue weighted by Crippen LogP contribution is -2.04. The zero-order valence-corrected chi connectivity index (χ0v) is 28.6. The maximum Gasteiger partial charge on any atom is 0.0992 e. The number of nitrogens with zero attached hydrogens (tertiary/aromatic N) is 5. The average molecular weight is 656 g/mol. The molecule has 8 rings (SSSR count). The van der Waals surface area contributed by atoms with Crippen LogP contribution in [0.5, 0.6) is 0 Å². The van der Waals surface area contributed by atoms with Crippen molar-refractivity contribution < 1.29 is 0 Å². The molecule has 5 nitrogen and oxygen atoms in total. The van der Waals surface area contributed by atoms with Gasteiger partial charge in [0.05, 0.1) is 51.7 Å². The van der Waals surface area contributed by atoms with Gasteiger partial charge in [0, 0.05) is 38.9 Å². The fraction of sp³-hybridized carbons (Fsp3) is 0.109. The summed E-state index contributed by atoms with van der Waals surface area (Å²) in [6, 6.07) is 44.2. The molecule has 1 aliphatic carbocycles. The van der Waals surface area contributed by atoms with E-state index in [-0.39, 0.29) is 0 Å². The zero-order chi connectivity index (χ0) is 35.2. The first-order valence-electron chi connectivity index (χ1n) is 17.1. The second-order valence-corrected chi connectivity index (χ2v) is 13.3. The molecule has 0 aliphatic heterocycles. The van der Waals surface area contributed by atoms with Crippen LogP contribution < -0.4 is 0 Å². The van der Waals surface area contributed by atoms with Crippen molar-refractivity contribution >= 4 is 34.0 Å². The molecule has 1 aliphatic rings. The van der Waals surface area contributed by atoms with Crippen LogP contribution in [0.15, 0.2) is 121 Å². The molecule has 2 heterocycles. The summed E-state index contributed by atoms with van der Waals surface area (Å²) in [7, 11) is 0. The number of fused-ring (bicyclic) bond motifs is 4. The van der Waals surface area contributed by atoms with Gasteiger partial charge in [-0.1, -0.05) is 73.7 Å². The van der Waals surface area contributed by atoms with Crippen molar-refractivity contribution in [2.45, 2.75) is 33.1 Å². The summed E-state index contributed by atoms with van der Waals surface area (Å²) >= 11 is 0. The molecule has 5 aromatic carbocycles. The summed E-state index contributed by atoms with van der Waals surface area (Å²) in [5.74, 6) is 0.422. The molecule has 0 amide bonds. The van der Waals surface area contributed by atoms with Gasteiger partial charge in [-0.25, -0.2) is 0 Å². The van der Waals surface area contributed by atoms with Crippen molar-refractivity contribution in [3.05, 3.63) is 154 Å². The smallest absolute Gasteiger partial charge is 0.0992 e. The number of para-hydroxylation sites is 1. The minimum absolute atomic E-state index is 0.422. The third-order valence-electron chi connectivity index (χ3n) is 10.2. The zero-order valence-electron chi connectivity index (χ0n) is 28.6. The Labute approximate surface area is 297 Å². The van der Waals surface area contributed by atoms with Crippen LogP contribution in [-0.2, 0) is 0 Å². The Kier molecular flexibility index (Phi) is 7.72. The highest BCUT2D eigenvalue weighted by atomic mass is 15.0. The highest BCUT2D eigenvalue weighted by molar-refractivity contribution is 5.95. The quantitative estimate of drug-likeness (QED) is 0.173. The molecule has 7 aromatic rings. The van der Waals surface area contributed by atoms with E-state index in [1.807, 2.05) is 43.3 Å². The average Bonchev–Trinajstić information content (AvgIpc) is 3.65. The van der Waals surface area contributed by atoms with Gasteiger partial charge in [0.2, 0.25) is 0 Å². The van der Waals surface area contributed by atoms with E-state index in [1.165, 1.54) is 22.2 Å². The highest BCUT2D eigenvalue weighted by Crippen LogP contribution is 2.42. The van der Waals surface area contributed by atoms with Gasteiger partial charge in [0.1, 0.15) is 0 Å². The monoisotopic (exact) mass is 655 g/mol. The molecule has 0 spiro atoms. The lowest BCUT2D eigenvalue weighted by atomic mass is 9.90. The minimum Gasteiger partial charge on any atom is -0.313 e. The first-order chi connectivity index (χ1) is 24.9. The Morgan fingerprint density at radius 2 is 1.39 bits per heavy atom. The third-order valence-corrected chi connectivity index (χ3v) is 10.2. The summed E-state index contributed by atoms with van der Waals surface area (Å²) in [5, 5.41) is 31.3.